The highest BCUT2D eigenvalue weighted by Crippen LogP contribution is 2.28. The van der Waals surface area contributed by atoms with Crippen LogP contribution >= 0.6 is 0 Å². The second-order valence-corrected chi connectivity index (χ2v) is 9.81. The number of nitro groups is 1. The molecule has 11 nitrogen and oxygen atoms in total. The van der Waals surface area contributed by atoms with Crippen LogP contribution in [0.3, 0.4) is 0 Å². The van der Waals surface area contributed by atoms with E-state index in [1.807, 2.05) is 0 Å². The summed E-state index contributed by atoms with van der Waals surface area (Å²) in [5, 5.41) is 13.8. The molecular weight excluding hydrogens is 476 g/mol. The Morgan fingerprint density at radius 1 is 1.17 bits per heavy atom. The van der Waals surface area contributed by atoms with Crippen molar-refractivity contribution >= 4 is 33.2 Å². The van der Waals surface area contributed by atoms with Crippen LogP contribution in [0.4, 0.5) is 11.4 Å². The van der Waals surface area contributed by atoms with Gasteiger partial charge in [0.15, 0.2) is 0 Å². The van der Waals surface area contributed by atoms with Gasteiger partial charge in [0.05, 0.1) is 24.0 Å². The fourth-order valence-electron chi connectivity index (χ4n) is 3.59. The van der Waals surface area contributed by atoms with Gasteiger partial charge in [-0.25, -0.2) is 8.42 Å². The largest absolute Gasteiger partial charge is 0.497 e. The first kappa shape index (κ1) is 27.6. The van der Waals surface area contributed by atoms with Crippen molar-refractivity contribution in [2.24, 2.45) is 0 Å². The van der Waals surface area contributed by atoms with E-state index >= 15 is 0 Å². The van der Waals surface area contributed by atoms with Crippen molar-refractivity contribution in [3.8, 4) is 5.75 Å². The highest BCUT2D eigenvalue weighted by molar-refractivity contribution is 7.92. The fraction of sp³-hybridized carbons (Fsp3) is 0.391. The molecule has 0 radical (unpaired) electrons. The molecule has 2 aromatic carbocycles. The number of anilines is 1. The minimum Gasteiger partial charge on any atom is -0.497 e. The van der Waals surface area contributed by atoms with Crippen LogP contribution in [0.15, 0.2) is 42.5 Å². The number of hydrogen-bond acceptors (Lipinski definition) is 7. The number of nitrogens with one attached hydrogen (secondary N) is 1. The highest BCUT2D eigenvalue weighted by atomic mass is 32.2. The Morgan fingerprint density at radius 3 is 2.29 bits per heavy atom. The second-order valence-electron chi connectivity index (χ2n) is 7.91. The minimum absolute atomic E-state index is 0.0208. The molecule has 0 aromatic heterocycles. The van der Waals surface area contributed by atoms with Gasteiger partial charge in [0.2, 0.25) is 21.8 Å². The van der Waals surface area contributed by atoms with Crippen LogP contribution in [0.2, 0.25) is 0 Å². The number of carbonyl (C=O) groups is 2. The molecule has 0 heterocycles. The number of nitro benzene ring substituents is 1. The van der Waals surface area contributed by atoms with E-state index in [2.05, 4.69) is 5.32 Å². The summed E-state index contributed by atoms with van der Waals surface area (Å²) in [6, 6.07) is 9.86. The molecule has 0 spiro atoms. The lowest BCUT2D eigenvalue weighted by molar-refractivity contribution is -0.384. The molecule has 0 saturated carbocycles. The Kier molecular flexibility index (Phi) is 9.18. The molecule has 2 aromatic rings. The lowest BCUT2D eigenvalue weighted by Crippen LogP contribution is -2.51. The van der Waals surface area contributed by atoms with E-state index in [1.54, 1.807) is 38.1 Å². The number of amides is 2. The zero-order valence-electron chi connectivity index (χ0n) is 20.3. The van der Waals surface area contributed by atoms with Crippen molar-refractivity contribution in [2.75, 3.05) is 31.3 Å². The van der Waals surface area contributed by atoms with E-state index in [0.29, 0.717) is 16.9 Å². The number of non-ortho nitro benzene ring substituents is 1. The topological polar surface area (TPSA) is 139 Å². The summed E-state index contributed by atoms with van der Waals surface area (Å²) in [5.74, 6) is -0.409. The summed E-state index contributed by atoms with van der Waals surface area (Å²) in [7, 11) is -1.02. The van der Waals surface area contributed by atoms with E-state index in [1.165, 1.54) is 31.2 Å². The first-order valence-electron chi connectivity index (χ1n) is 10.8. The van der Waals surface area contributed by atoms with Crippen LogP contribution in [0.25, 0.3) is 0 Å². The van der Waals surface area contributed by atoms with Gasteiger partial charge in [-0.1, -0.05) is 25.1 Å². The number of rotatable bonds is 11. The molecule has 0 aliphatic carbocycles. The lowest BCUT2D eigenvalue weighted by Gasteiger charge is -2.32. The van der Waals surface area contributed by atoms with Crippen LogP contribution in [-0.4, -0.2) is 63.1 Å². The normalized spacial score (nSPS) is 11.9. The number of sulfonamides is 1. The van der Waals surface area contributed by atoms with E-state index in [9.17, 15) is 28.1 Å². The third-order valence-corrected chi connectivity index (χ3v) is 6.62. The maximum Gasteiger partial charge on any atom is 0.271 e. The van der Waals surface area contributed by atoms with Crippen LogP contribution in [-0.2, 0) is 26.2 Å². The first-order valence-corrected chi connectivity index (χ1v) is 12.6. The molecule has 0 bridgehead atoms. The van der Waals surface area contributed by atoms with Gasteiger partial charge in [0.25, 0.3) is 5.69 Å². The monoisotopic (exact) mass is 506 g/mol. The molecule has 0 fully saturated rings. The smallest absolute Gasteiger partial charge is 0.271 e. The van der Waals surface area contributed by atoms with Crippen molar-refractivity contribution < 1.29 is 27.7 Å². The van der Waals surface area contributed by atoms with Gasteiger partial charge >= 0.3 is 0 Å². The van der Waals surface area contributed by atoms with Crippen LogP contribution in [0.1, 0.15) is 24.5 Å². The van der Waals surface area contributed by atoms with Gasteiger partial charge in [-0.3, -0.25) is 24.0 Å². The SMILES string of the molecule is CC[C@H](C(=O)NC)N(Cc1ccc(OC)cc1)C(=O)CN(c1cc([N+](=O)[O-])ccc1C)S(C)(=O)=O. The van der Waals surface area contributed by atoms with Crippen molar-refractivity contribution in [3.63, 3.8) is 0 Å². The van der Waals surface area contributed by atoms with Crippen molar-refractivity contribution in [1.29, 1.82) is 0 Å². The molecule has 0 aliphatic heterocycles. The number of ether oxygens (including phenoxy) is 1. The van der Waals surface area contributed by atoms with Crippen LogP contribution in [0.5, 0.6) is 5.75 Å². The molecule has 190 valence electrons. The molecule has 1 N–H and O–H groups in total. The Hall–Kier alpha value is -3.67. The van der Waals surface area contributed by atoms with E-state index < -0.39 is 39.3 Å². The summed E-state index contributed by atoms with van der Waals surface area (Å²) in [6.45, 7) is 2.74. The number of benzene rings is 2. The molecule has 0 aliphatic rings. The molecule has 12 heteroatoms. The number of likely N-dealkylation sites (N-methyl/N-ethyl adjacent to an activating group) is 1. The van der Waals surface area contributed by atoms with Gasteiger partial charge in [-0.2, -0.15) is 0 Å². The number of nitrogens with zero attached hydrogens (tertiary/aromatic N) is 3. The first-order chi connectivity index (χ1) is 16.4. The maximum atomic E-state index is 13.5. The highest BCUT2D eigenvalue weighted by Gasteiger charge is 2.32. The average molecular weight is 507 g/mol. The molecule has 2 amide bonds. The lowest BCUT2D eigenvalue weighted by atomic mass is 10.1. The van der Waals surface area contributed by atoms with E-state index in [-0.39, 0.29) is 24.3 Å². The number of aryl methyl sites for hydroxylation is 1. The van der Waals surface area contributed by atoms with Crippen molar-refractivity contribution in [3.05, 3.63) is 63.7 Å². The quantitative estimate of drug-likeness (QED) is 0.364. The third kappa shape index (κ3) is 6.92. The molecule has 1 atom stereocenters. The van der Waals surface area contributed by atoms with E-state index in [0.717, 1.165) is 16.6 Å². The van der Waals surface area contributed by atoms with Crippen molar-refractivity contribution in [1.82, 2.24) is 10.2 Å². The summed E-state index contributed by atoms with van der Waals surface area (Å²) in [4.78, 5) is 38.0. The zero-order chi connectivity index (χ0) is 26.3. The average Bonchev–Trinajstić information content (AvgIpc) is 2.82. The third-order valence-electron chi connectivity index (χ3n) is 5.50. The minimum atomic E-state index is -4.01. The standard InChI is InChI=1S/C23H30N4O7S/c1-6-20(23(29)24-3)25(14-17-8-11-19(34-4)12-9-17)22(28)15-26(35(5,32)33)21-13-18(27(30)31)10-7-16(21)2/h7-13,20H,6,14-15H2,1-5H3,(H,24,29)/t20-/m1/s1. The Labute approximate surface area is 204 Å². The van der Waals surface area contributed by atoms with Crippen LogP contribution < -0.4 is 14.4 Å². The molecule has 2 rings (SSSR count). The zero-order valence-corrected chi connectivity index (χ0v) is 21.2. The number of methoxy groups -OCH3 is 1. The number of hydrogen-bond donors (Lipinski definition) is 1. The van der Waals surface area contributed by atoms with Crippen molar-refractivity contribution in [2.45, 2.75) is 32.9 Å². The van der Waals surface area contributed by atoms with Gasteiger partial charge in [0, 0.05) is 25.7 Å². The van der Waals surface area contributed by atoms with Crippen LogP contribution in [0, 0.1) is 17.0 Å². The predicted octanol–water partition coefficient (Wildman–Crippen LogP) is 2.23. The van der Waals surface area contributed by atoms with Gasteiger partial charge < -0.3 is 15.0 Å². The maximum absolute atomic E-state index is 13.5. The summed E-state index contributed by atoms with van der Waals surface area (Å²) in [6.07, 6.45) is 1.21. The summed E-state index contributed by atoms with van der Waals surface area (Å²) >= 11 is 0. The summed E-state index contributed by atoms with van der Waals surface area (Å²) in [5.41, 5.74) is 0.860. The fourth-order valence-corrected chi connectivity index (χ4v) is 4.49. The van der Waals surface area contributed by atoms with Gasteiger partial charge in [0.1, 0.15) is 18.3 Å². The Balaban J connectivity index is 2.50. The predicted molar refractivity (Wildman–Crippen MR) is 132 cm³/mol. The number of carbonyl (C=O) groups excluding carboxylic acids is 2. The summed E-state index contributed by atoms with van der Waals surface area (Å²) < 4.78 is 31.3. The Morgan fingerprint density at radius 2 is 1.80 bits per heavy atom. The molecular formula is C23H30N4O7S. The second kappa shape index (κ2) is 11.6. The molecule has 35 heavy (non-hydrogen) atoms. The molecule has 0 unspecified atom stereocenters. The van der Waals surface area contributed by atoms with Gasteiger partial charge in [-0.15, -0.1) is 0 Å². The van der Waals surface area contributed by atoms with E-state index in [4.69, 9.17) is 4.74 Å². The Bertz CT molecular complexity index is 1180. The molecule has 0 saturated heterocycles. The van der Waals surface area contributed by atoms with Gasteiger partial charge in [-0.05, 0) is 36.6 Å².